The van der Waals surface area contributed by atoms with Gasteiger partial charge in [0.05, 0.1) is 33.4 Å². The number of fused-ring (bicyclic) bond motifs is 4. The number of hydrogen-bond acceptors (Lipinski definition) is 3. The molecule has 3 aromatic heterocycles. The summed E-state index contributed by atoms with van der Waals surface area (Å²) in [7, 11) is 0. The fourth-order valence-corrected chi connectivity index (χ4v) is 12.2. The molecule has 4 heterocycles. The second kappa shape index (κ2) is 20.9. The molecule has 11 aromatic carbocycles. The monoisotopic (exact) mass is 1050 g/mol. The highest BCUT2D eigenvalue weighted by Gasteiger charge is 2.23. The minimum Gasteiger partial charge on any atom is -0.458 e. The molecule has 14 aromatic rings. The summed E-state index contributed by atoms with van der Waals surface area (Å²) in [6.07, 6.45) is 8.34. The predicted molar refractivity (Wildman–Crippen MR) is 336 cm³/mol. The maximum Gasteiger partial charge on any atom is 0.269 e. The smallest absolute Gasteiger partial charge is 0.269 e. The summed E-state index contributed by atoms with van der Waals surface area (Å²) in [4.78, 5) is 7.42. The van der Waals surface area contributed by atoms with Crippen molar-refractivity contribution in [3.63, 3.8) is 0 Å². The number of para-hydroxylation sites is 4. The summed E-state index contributed by atoms with van der Waals surface area (Å²) in [5.41, 5.74) is 20.8. The third kappa shape index (κ3) is 9.06. The fraction of sp³-hybridized carbons (Fsp3) is 0.0526. The predicted octanol–water partition coefficient (Wildman–Crippen LogP) is 18.6. The molecule has 1 saturated heterocycles. The Hall–Kier alpha value is -10.6. The summed E-state index contributed by atoms with van der Waals surface area (Å²) in [5.74, 6) is 2.34. The average molecular weight is 1050 g/mol. The summed E-state index contributed by atoms with van der Waals surface area (Å²) >= 11 is 0. The first-order chi connectivity index (χ1) is 40.6. The Morgan fingerprint density at radius 2 is 0.866 bits per heavy atom. The number of ether oxygens (including phenoxy) is 1. The van der Waals surface area contributed by atoms with E-state index in [4.69, 9.17) is 9.72 Å². The van der Waals surface area contributed by atoms with E-state index < -0.39 is 0 Å². The van der Waals surface area contributed by atoms with E-state index in [1.54, 1.807) is 0 Å². The van der Waals surface area contributed by atoms with Gasteiger partial charge in [-0.05, 0) is 158 Å². The summed E-state index contributed by atoms with van der Waals surface area (Å²) in [6, 6.07) is 100.0. The zero-order valence-electron chi connectivity index (χ0n) is 45.1. The van der Waals surface area contributed by atoms with Gasteiger partial charge in [0.1, 0.15) is 17.3 Å². The molecular weight excluding hydrogens is 999 g/mol. The van der Waals surface area contributed by atoms with Crippen LogP contribution in [0.25, 0.3) is 117 Å². The normalized spacial score (nSPS) is 12.4. The lowest BCUT2D eigenvalue weighted by Crippen LogP contribution is -2.31. The molecule has 0 N–H and O–H groups in total. The number of benzene rings is 11. The van der Waals surface area contributed by atoms with Crippen LogP contribution < -0.4 is 14.2 Å². The van der Waals surface area contributed by atoms with E-state index in [9.17, 15) is 0 Å². The quantitative estimate of drug-likeness (QED) is 0.0904. The Bertz CT molecular complexity index is 4400. The SMILES string of the molecule is [c-]1n(-c2cccc(Oc3ccc4c5ccccc5n(-c5cc(N6CCCC6)ccn5)c4c3)c2)c2ccccc2[n+]1-c1c(-c2cc(-c3ccccc3)cc(-c3ccccc3)c2)cccc1-c1cc(-c2ccccc2)cc(-c2ccccc2)c1. The second-order valence-electron chi connectivity index (χ2n) is 21.2. The molecule has 390 valence electrons. The van der Waals surface area contributed by atoms with Crippen molar-refractivity contribution in [1.29, 1.82) is 0 Å². The molecule has 0 amide bonds. The molecule has 0 atom stereocenters. The Labute approximate surface area is 477 Å². The molecule has 6 heteroatoms. The van der Waals surface area contributed by atoms with Crippen molar-refractivity contribution in [2.75, 3.05) is 18.0 Å². The van der Waals surface area contributed by atoms with Crippen molar-refractivity contribution in [2.45, 2.75) is 12.8 Å². The standard InChI is InChI=1S/C76H55N5O/c1-5-21-53(22-6-1)57-43-58(54-23-7-2-8-24-54)46-61(45-57)67-32-20-33-68(62-47-59(55-25-9-3-10-26-55)44-60(48-62)56-27-11-4-12-28-56)76(67)80-52-79(72-35-15-16-36-73(72)80)64-29-19-30-65(49-64)82-66-37-38-70-69-31-13-14-34-71(69)81(74(70)51-66)75-50-63(39-40-77-75)78-41-17-18-42-78/h1-16,19-40,43-51H,17-18,41-42H2. The Kier molecular flexibility index (Phi) is 12.4. The summed E-state index contributed by atoms with van der Waals surface area (Å²) < 4.78 is 13.6. The second-order valence-corrected chi connectivity index (χ2v) is 21.2. The third-order valence-electron chi connectivity index (χ3n) is 16.1. The molecule has 0 spiro atoms. The molecule has 0 saturated carbocycles. The van der Waals surface area contributed by atoms with E-state index in [1.807, 2.05) is 12.3 Å². The van der Waals surface area contributed by atoms with Gasteiger partial charge < -0.3 is 9.64 Å². The number of pyridine rings is 1. The highest BCUT2D eigenvalue weighted by molar-refractivity contribution is 6.09. The lowest BCUT2D eigenvalue weighted by molar-refractivity contribution is -0.571. The summed E-state index contributed by atoms with van der Waals surface area (Å²) in [5, 5.41) is 2.32. The number of anilines is 1. The zero-order valence-corrected chi connectivity index (χ0v) is 45.1. The molecule has 82 heavy (non-hydrogen) atoms. The lowest BCUT2D eigenvalue weighted by atomic mass is 9.89. The van der Waals surface area contributed by atoms with Gasteiger partial charge in [-0.2, -0.15) is 0 Å². The van der Waals surface area contributed by atoms with Crippen LogP contribution in [0.15, 0.2) is 285 Å². The van der Waals surface area contributed by atoms with Gasteiger partial charge >= 0.3 is 0 Å². The van der Waals surface area contributed by atoms with Crippen molar-refractivity contribution in [2.24, 2.45) is 0 Å². The van der Waals surface area contributed by atoms with Gasteiger partial charge in [-0.15, -0.1) is 0 Å². The maximum atomic E-state index is 6.91. The minimum absolute atomic E-state index is 0.713. The molecule has 15 rings (SSSR count). The van der Waals surface area contributed by atoms with Gasteiger partial charge in [0.2, 0.25) is 0 Å². The van der Waals surface area contributed by atoms with Gasteiger partial charge in [0, 0.05) is 47.9 Å². The average Bonchev–Trinajstić information content (AvgIpc) is 4.28. The van der Waals surface area contributed by atoms with Crippen molar-refractivity contribution in [1.82, 2.24) is 14.1 Å². The van der Waals surface area contributed by atoms with Crippen LogP contribution in [0, 0.1) is 6.33 Å². The van der Waals surface area contributed by atoms with E-state index in [0.717, 1.165) is 130 Å². The molecule has 0 radical (unpaired) electrons. The van der Waals surface area contributed by atoms with E-state index in [0.29, 0.717) is 5.75 Å². The molecule has 0 bridgehead atoms. The highest BCUT2D eigenvalue weighted by atomic mass is 16.5. The Morgan fingerprint density at radius 3 is 1.46 bits per heavy atom. The van der Waals surface area contributed by atoms with E-state index in [1.165, 1.54) is 23.9 Å². The highest BCUT2D eigenvalue weighted by Crippen LogP contribution is 2.42. The Balaban J connectivity index is 0.900. The maximum absolute atomic E-state index is 6.91. The van der Waals surface area contributed by atoms with Crippen LogP contribution in [0.2, 0.25) is 0 Å². The molecule has 0 aliphatic carbocycles. The van der Waals surface area contributed by atoms with Gasteiger partial charge in [-0.3, -0.25) is 13.7 Å². The van der Waals surface area contributed by atoms with Crippen molar-refractivity contribution in [3.8, 4) is 95.5 Å². The largest absolute Gasteiger partial charge is 0.458 e. The third-order valence-corrected chi connectivity index (χ3v) is 16.1. The number of imidazole rings is 1. The van der Waals surface area contributed by atoms with Crippen molar-refractivity contribution < 1.29 is 9.30 Å². The molecule has 6 nitrogen and oxygen atoms in total. The van der Waals surface area contributed by atoms with Crippen LogP contribution in [-0.4, -0.2) is 27.2 Å². The minimum atomic E-state index is 0.713. The van der Waals surface area contributed by atoms with Gasteiger partial charge in [0.25, 0.3) is 6.33 Å². The van der Waals surface area contributed by atoms with Crippen LogP contribution in [0.3, 0.4) is 0 Å². The first-order valence-electron chi connectivity index (χ1n) is 28.3. The fourth-order valence-electron chi connectivity index (χ4n) is 12.2. The van der Waals surface area contributed by atoms with Gasteiger partial charge in [-0.25, -0.2) is 4.98 Å². The van der Waals surface area contributed by atoms with Crippen LogP contribution in [0.1, 0.15) is 12.8 Å². The van der Waals surface area contributed by atoms with Crippen molar-refractivity contribution in [3.05, 3.63) is 292 Å². The van der Waals surface area contributed by atoms with Gasteiger partial charge in [0.15, 0.2) is 0 Å². The molecular formula is C76H55N5O. The Morgan fingerprint density at radius 1 is 0.366 bits per heavy atom. The first-order valence-corrected chi connectivity index (χ1v) is 28.3. The molecule has 1 aliphatic rings. The molecule has 1 fully saturated rings. The topological polar surface area (TPSA) is 39.1 Å². The van der Waals surface area contributed by atoms with E-state index in [-0.39, 0.29) is 0 Å². The number of rotatable bonds is 12. The van der Waals surface area contributed by atoms with Crippen LogP contribution in [0.5, 0.6) is 11.5 Å². The van der Waals surface area contributed by atoms with E-state index in [2.05, 4.69) is 298 Å². The zero-order chi connectivity index (χ0) is 54.3. The number of nitrogens with zero attached hydrogens (tertiary/aromatic N) is 5. The van der Waals surface area contributed by atoms with Crippen LogP contribution >= 0.6 is 0 Å². The molecule has 0 unspecified atom stereocenters. The summed E-state index contributed by atoms with van der Waals surface area (Å²) in [6.45, 7) is 2.13. The molecule has 1 aliphatic heterocycles. The van der Waals surface area contributed by atoms with Gasteiger partial charge in [-0.1, -0.05) is 188 Å². The first kappa shape index (κ1) is 48.6. The number of hydrogen-bond donors (Lipinski definition) is 0. The van der Waals surface area contributed by atoms with Crippen LogP contribution in [0.4, 0.5) is 5.69 Å². The number of aromatic nitrogens is 4. The van der Waals surface area contributed by atoms with E-state index >= 15 is 0 Å². The lowest BCUT2D eigenvalue weighted by Gasteiger charge is -2.20. The van der Waals surface area contributed by atoms with Crippen molar-refractivity contribution >= 4 is 38.5 Å². The van der Waals surface area contributed by atoms with Crippen LogP contribution in [-0.2, 0) is 0 Å².